The highest BCUT2D eigenvalue weighted by molar-refractivity contribution is 6.25. The van der Waals surface area contributed by atoms with E-state index in [0.29, 0.717) is 0 Å². The van der Waals surface area contributed by atoms with E-state index >= 15 is 0 Å². The van der Waals surface area contributed by atoms with Crippen molar-refractivity contribution >= 4 is 32.3 Å². The van der Waals surface area contributed by atoms with Crippen LogP contribution in [0.3, 0.4) is 0 Å². The lowest BCUT2D eigenvalue weighted by molar-refractivity contribution is 0.0787. The highest BCUT2D eigenvalue weighted by Gasteiger charge is 2.17. The molecule has 1 heteroatoms. The average molecular weight is 286 g/mol. The third-order valence-electron chi connectivity index (χ3n) is 4.45. The van der Waals surface area contributed by atoms with Crippen LogP contribution in [-0.4, -0.2) is 5.11 Å². The summed E-state index contributed by atoms with van der Waals surface area (Å²) >= 11 is 0. The van der Waals surface area contributed by atoms with Crippen molar-refractivity contribution in [3.05, 3.63) is 72.3 Å². The average Bonchev–Trinajstić information content (AvgIpc) is 2.54. The lowest BCUT2D eigenvalue weighted by Gasteiger charge is -2.19. The molecule has 0 aliphatic carbocycles. The van der Waals surface area contributed by atoms with Gasteiger partial charge in [-0.2, -0.15) is 0 Å². The van der Waals surface area contributed by atoms with E-state index in [1.807, 2.05) is 19.9 Å². The summed E-state index contributed by atoms with van der Waals surface area (Å²) in [5, 5.41) is 17.8. The Morgan fingerprint density at radius 2 is 1.00 bits per heavy atom. The molecule has 1 nitrogen and oxygen atoms in total. The maximum atomic E-state index is 10.3. The fourth-order valence-corrected chi connectivity index (χ4v) is 3.29. The summed E-state index contributed by atoms with van der Waals surface area (Å²) < 4.78 is 0. The van der Waals surface area contributed by atoms with Crippen molar-refractivity contribution in [2.75, 3.05) is 0 Å². The number of rotatable bonds is 1. The number of benzene rings is 4. The molecule has 0 heterocycles. The summed E-state index contributed by atoms with van der Waals surface area (Å²) in [5.41, 5.74) is 0.112. The molecule has 0 atom stereocenters. The first-order chi connectivity index (χ1) is 10.6. The van der Waals surface area contributed by atoms with Gasteiger partial charge in [0.05, 0.1) is 5.60 Å². The van der Waals surface area contributed by atoms with Gasteiger partial charge in [-0.15, -0.1) is 0 Å². The topological polar surface area (TPSA) is 20.2 Å². The fourth-order valence-electron chi connectivity index (χ4n) is 3.29. The van der Waals surface area contributed by atoms with Crippen LogP contribution < -0.4 is 0 Å². The van der Waals surface area contributed by atoms with E-state index in [9.17, 15) is 5.11 Å². The molecule has 0 amide bonds. The van der Waals surface area contributed by atoms with E-state index in [4.69, 9.17) is 0 Å². The fraction of sp³-hybridized carbons (Fsp3) is 0.143. The number of aliphatic hydroxyl groups is 1. The molecule has 0 unspecified atom stereocenters. The van der Waals surface area contributed by atoms with E-state index in [1.165, 1.54) is 32.3 Å². The van der Waals surface area contributed by atoms with Gasteiger partial charge >= 0.3 is 0 Å². The van der Waals surface area contributed by atoms with E-state index in [2.05, 4.69) is 60.7 Å². The monoisotopic (exact) mass is 286 g/mol. The van der Waals surface area contributed by atoms with E-state index < -0.39 is 5.60 Å². The molecule has 0 radical (unpaired) electrons. The van der Waals surface area contributed by atoms with E-state index in [0.717, 1.165) is 5.56 Å². The maximum Gasteiger partial charge on any atom is 0.0840 e. The SMILES string of the molecule is CC(C)(O)c1ccc2c3ccccc3c3ccccc3c2c1. The van der Waals surface area contributed by atoms with Crippen LogP contribution in [0.5, 0.6) is 0 Å². The van der Waals surface area contributed by atoms with Crippen LogP contribution in [-0.2, 0) is 5.60 Å². The summed E-state index contributed by atoms with van der Waals surface area (Å²) in [6, 6.07) is 23.3. The Balaban J connectivity index is 2.27. The smallest absolute Gasteiger partial charge is 0.0840 e. The molecule has 4 rings (SSSR count). The predicted molar refractivity (Wildman–Crippen MR) is 94.2 cm³/mol. The first-order valence-corrected chi connectivity index (χ1v) is 7.62. The standard InChI is InChI=1S/C21H18O/c1-21(2,22)14-11-12-19-17-9-4-3-7-15(17)16-8-5-6-10-18(16)20(19)13-14/h3-13,22H,1-2H3. The molecular formula is C21H18O. The quantitative estimate of drug-likeness (QED) is 0.466. The van der Waals surface area contributed by atoms with Gasteiger partial charge < -0.3 is 5.11 Å². The van der Waals surface area contributed by atoms with Crippen molar-refractivity contribution in [1.29, 1.82) is 0 Å². The van der Waals surface area contributed by atoms with Crippen LogP contribution in [0.25, 0.3) is 32.3 Å². The molecule has 0 saturated carbocycles. The van der Waals surface area contributed by atoms with Crippen LogP contribution in [0.2, 0.25) is 0 Å². The van der Waals surface area contributed by atoms with Gasteiger partial charge in [0.1, 0.15) is 0 Å². The van der Waals surface area contributed by atoms with Gasteiger partial charge in [0.2, 0.25) is 0 Å². The molecule has 0 fully saturated rings. The predicted octanol–water partition coefficient (Wildman–Crippen LogP) is 5.37. The summed E-state index contributed by atoms with van der Waals surface area (Å²) in [6.07, 6.45) is 0. The second-order valence-corrected chi connectivity index (χ2v) is 6.41. The Labute approximate surface area is 129 Å². The number of fused-ring (bicyclic) bond motifs is 6. The highest BCUT2D eigenvalue weighted by Crippen LogP contribution is 2.36. The molecular weight excluding hydrogens is 268 g/mol. The number of hydrogen-bond acceptors (Lipinski definition) is 1. The zero-order chi connectivity index (χ0) is 15.3. The van der Waals surface area contributed by atoms with Crippen LogP contribution in [0, 0.1) is 0 Å². The van der Waals surface area contributed by atoms with Crippen molar-refractivity contribution in [1.82, 2.24) is 0 Å². The highest BCUT2D eigenvalue weighted by atomic mass is 16.3. The van der Waals surface area contributed by atoms with Crippen LogP contribution in [0.4, 0.5) is 0 Å². The summed E-state index contributed by atoms with van der Waals surface area (Å²) in [7, 11) is 0. The molecule has 108 valence electrons. The molecule has 0 bridgehead atoms. The lowest BCUT2D eigenvalue weighted by atomic mass is 9.90. The Morgan fingerprint density at radius 1 is 0.591 bits per heavy atom. The van der Waals surface area contributed by atoms with Gasteiger partial charge in [-0.05, 0) is 57.8 Å². The minimum atomic E-state index is -0.832. The van der Waals surface area contributed by atoms with Crippen molar-refractivity contribution in [3.63, 3.8) is 0 Å². The molecule has 0 spiro atoms. The third-order valence-corrected chi connectivity index (χ3v) is 4.45. The molecule has 1 N–H and O–H groups in total. The van der Waals surface area contributed by atoms with Gasteiger partial charge in [-0.25, -0.2) is 0 Å². The molecule has 0 saturated heterocycles. The van der Waals surface area contributed by atoms with Crippen molar-refractivity contribution in [2.45, 2.75) is 19.4 Å². The largest absolute Gasteiger partial charge is 0.386 e. The molecule has 0 aliphatic heterocycles. The van der Waals surface area contributed by atoms with Crippen LogP contribution >= 0.6 is 0 Å². The van der Waals surface area contributed by atoms with Crippen molar-refractivity contribution in [3.8, 4) is 0 Å². The van der Waals surface area contributed by atoms with Gasteiger partial charge in [0, 0.05) is 0 Å². The van der Waals surface area contributed by atoms with E-state index in [1.54, 1.807) is 0 Å². The van der Waals surface area contributed by atoms with Crippen LogP contribution in [0.15, 0.2) is 66.7 Å². The molecule has 4 aromatic rings. The summed E-state index contributed by atoms with van der Waals surface area (Å²) in [4.78, 5) is 0. The molecule has 0 aliphatic rings. The zero-order valence-corrected chi connectivity index (χ0v) is 12.8. The Bertz CT molecular complexity index is 971. The first kappa shape index (κ1) is 13.3. The Kier molecular flexibility index (Phi) is 2.75. The second-order valence-electron chi connectivity index (χ2n) is 6.41. The van der Waals surface area contributed by atoms with Crippen molar-refractivity contribution in [2.24, 2.45) is 0 Å². The van der Waals surface area contributed by atoms with Gasteiger partial charge in [-0.1, -0.05) is 60.7 Å². The summed E-state index contributed by atoms with van der Waals surface area (Å²) in [5.74, 6) is 0. The normalized spacial score (nSPS) is 12.3. The van der Waals surface area contributed by atoms with Crippen molar-refractivity contribution < 1.29 is 5.11 Å². The van der Waals surface area contributed by atoms with Gasteiger partial charge in [0.25, 0.3) is 0 Å². The molecule has 0 aromatic heterocycles. The maximum absolute atomic E-state index is 10.3. The zero-order valence-electron chi connectivity index (χ0n) is 12.8. The minimum absolute atomic E-state index is 0.832. The third kappa shape index (κ3) is 1.90. The van der Waals surface area contributed by atoms with E-state index in [-0.39, 0.29) is 0 Å². The first-order valence-electron chi connectivity index (χ1n) is 7.62. The lowest BCUT2D eigenvalue weighted by Crippen LogP contribution is -2.15. The minimum Gasteiger partial charge on any atom is -0.386 e. The van der Waals surface area contributed by atoms with Crippen LogP contribution in [0.1, 0.15) is 19.4 Å². The second kappa shape index (κ2) is 4.56. The molecule has 4 aromatic carbocycles. The Hall–Kier alpha value is -2.38. The number of hydrogen-bond donors (Lipinski definition) is 1. The Morgan fingerprint density at radius 3 is 1.45 bits per heavy atom. The van der Waals surface area contributed by atoms with Gasteiger partial charge in [-0.3, -0.25) is 0 Å². The van der Waals surface area contributed by atoms with Gasteiger partial charge in [0.15, 0.2) is 0 Å². The summed E-state index contributed by atoms with van der Waals surface area (Å²) in [6.45, 7) is 3.66. The molecule has 22 heavy (non-hydrogen) atoms.